The van der Waals surface area contributed by atoms with Crippen molar-refractivity contribution in [2.75, 3.05) is 0 Å². The Balaban J connectivity index is 3.40. The molecule has 5 heteroatoms. The second-order valence-corrected chi connectivity index (χ2v) is 3.00. The molecule has 0 atom stereocenters. The van der Waals surface area contributed by atoms with Crippen molar-refractivity contribution in [3.05, 3.63) is 38.9 Å². The number of nitro groups is 1. The van der Waals surface area contributed by atoms with E-state index in [1.807, 2.05) is 6.07 Å². The highest BCUT2D eigenvalue weighted by atomic mass is 16.6. The highest BCUT2D eigenvalue weighted by Crippen LogP contribution is 2.22. The van der Waals surface area contributed by atoms with Crippen molar-refractivity contribution in [2.45, 2.75) is 13.3 Å². The number of hydrogen-bond donors (Lipinski definition) is 0. The molecule has 0 aromatic heterocycles. The lowest BCUT2D eigenvalue weighted by Gasteiger charge is -2.02. The molecule has 74 valence electrons. The third-order valence-corrected chi connectivity index (χ3v) is 2.04. The Bertz CT molecular complexity index is 495. The van der Waals surface area contributed by atoms with E-state index in [1.165, 1.54) is 12.1 Å². The van der Waals surface area contributed by atoms with Crippen LogP contribution >= 0.6 is 0 Å². The summed E-state index contributed by atoms with van der Waals surface area (Å²) in [5.74, 6) is 0. The van der Waals surface area contributed by atoms with Gasteiger partial charge in [-0.2, -0.15) is 10.5 Å². The highest BCUT2D eigenvalue weighted by Gasteiger charge is 2.16. The minimum absolute atomic E-state index is 0.0270. The lowest BCUT2D eigenvalue weighted by atomic mass is 10.0. The number of nitrogens with zero attached hydrogens (tertiary/aromatic N) is 3. The Morgan fingerprint density at radius 3 is 2.60 bits per heavy atom. The van der Waals surface area contributed by atoms with Gasteiger partial charge in [-0.15, -0.1) is 0 Å². The van der Waals surface area contributed by atoms with Gasteiger partial charge in [0.05, 0.1) is 17.4 Å². The van der Waals surface area contributed by atoms with E-state index < -0.39 is 4.92 Å². The van der Waals surface area contributed by atoms with Gasteiger partial charge in [0, 0.05) is 6.07 Å². The molecule has 0 aliphatic carbocycles. The Labute approximate surface area is 86.3 Å². The molecular weight excluding hydrogens is 194 g/mol. The smallest absolute Gasteiger partial charge is 0.258 e. The van der Waals surface area contributed by atoms with Crippen molar-refractivity contribution in [1.29, 1.82) is 10.5 Å². The number of nitriles is 2. The fraction of sp³-hybridized carbons (Fsp3) is 0.200. The van der Waals surface area contributed by atoms with Crippen LogP contribution in [0.1, 0.15) is 16.7 Å². The first kappa shape index (κ1) is 10.7. The van der Waals surface area contributed by atoms with E-state index in [0.29, 0.717) is 5.56 Å². The highest BCUT2D eigenvalue weighted by molar-refractivity contribution is 5.53. The maximum atomic E-state index is 10.6. The zero-order chi connectivity index (χ0) is 11.4. The molecule has 0 N–H and O–H groups in total. The molecule has 15 heavy (non-hydrogen) atoms. The maximum Gasteiger partial charge on any atom is 0.287 e. The summed E-state index contributed by atoms with van der Waals surface area (Å²) >= 11 is 0. The van der Waals surface area contributed by atoms with Crippen LogP contribution in [-0.4, -0.2) is 4.92 Å². The molecule has 0 aliphatic rings. The SMILES string of the molecule is Cc1cc(C#N)c([N+](=O)[O-])cc1CC#N. The van der Waals surface area contributed by atoms with Crippen LogP contribution in [0.15, 0.2) is 12.1 Å². The molecule has 1 aromatic carbocycles. The van der Waals surface area contributed by atoms with Crippen LogP contribution in [0.2, 0.25) is 0 Å². The van der Waals surface area contributed by atoms with Crippen LogP contribution in [0.4, 0.5) is 5.69 Å². The Morgan fingerprint density at radius 1 is 1.47 bits per heavy atom. The van der Waals surface area contributed by atoms with Gasteiger partial charge in [-0.05, 0) is 24.1 Å². The van der Waals surface area contributed by atoms with E-state index in [4.69, 9.17) is 10.5 Å². The quantitative estimate of drug-likeness (QED) is 0.539. The van der Waals surface area contributed by atoms with Gasteiger partial charge in [0.2, 0.25) is 0 Å². The van der Waals surface area contributed by atoms with E-state index in [1.54, 1.807) is 13.0 Å². The first-order chi connectivity index (χ1) is 7.10. The molecule has 0 heterocycles. The summed E-state index contributed by atoms with van der Waals surface area (Å²) < 4.78 is 0. The van der Waals surface area contributed by atoms with Crippen molar-refractivity contribution in [2.24, 2.45) is 0 Å². The molecule has 0 radical (unpaired) electrons. The zero-order valence-electron chi connectivity index (χ0n) is 8.02. The molecule has 5 nitrogen and oxygen atoms in total. The lowest BCUT2D eigenvalue weighted by Crippen LogP contribution is -1.97. The molecule has 0 aliphatic heterocycles. The predicted molar refractivity (Wildman–Crippen MR) is 51.9 cm³/mol. The fourth-order valence-corrected chi connectivity index (χ4v) is 1.26. The average Bonchev–Trinajstić information content (AvgIpc) is 2.20. The minimum Gasteiger partial charge on any atom is -0.258 e. The summed E-state index contributed by atoms with van der Waals surface area (Å²) in [5.41, 5.74) is 1.09. The number of aryl methyl sites for hydroxylation is 1. The summed E-state index contributed by atoms with van der Waals surface area (Å²) in [6.07, 6.45) is 0.110. The van der Waals surface area contributed by atoms with Crippen molar-refractivity contribution in [3.63, 3.8) is 0 Å². The standard InChI is InChI=1S/C10H7N3O2/c1-7-4-9(6-12)10(13(14)15)5-8(7)2-3-11/h4-5H,2H2,1H3. The minimum atomic E-state index is -0.612. The fourth-order valence-electron chi connectivity index (χ4n) is 1.26. The molecule has 1 aromatic rings. The molecule has 1 rings (SSSR count). The van der Waals surface area contributed by atoms with Gasteiger partial charge in [0.15, 0.2) is 0 Å². The molecule has 0 saturated carbocycles. The Morgan fingerprint density at radius 2 is 2.13 bits per heavy atom. The van der Waals surface area contributed by atoms with Gasteiger partial charge < -0.3 is 0 Å². The zero-order valence-corrected chi connectivity index (χ0v) is 8.02. The van der Waals surface area contributed by atoms with Crippen LogP contribution in [0.5, 0.6) is 0 Å². The molecule has 0 unspecified atom stereocenters. The predicted octanol–water partition coefficient (Wildman–Crippen LogP) is 1.84. The third-order valence-electron chi connectivity index (χ3n) is 2.04. The van der Waals surface area contributed by atoms with Crippen molar-refractivity contribution in [3.8, 4) is 12.1 Å². The van der Waals surface area contributed by atoms with Crippen molar-refractivity contribution < 1.29 is 4.92 Å². The van der Waals surface area contributed by atoms with Crippen LogP contribution in [0, 0.1) is 39.7 Å². The number of benzene rings is 1. The second-order valence-electron chi connectivity index (χ2n) is 3.00. The first-order valence-corrected chi connectivity index (χ1v) is 4.15. The summed E-state index contributed by atoms with van der Waals surface area (Å²) in [7, 11) is 0. The first-order valence-electron chi connectivity index (χ1n) is 4.15. The van der Waals surface area contributed by atoms with Gasteiger partial charge in [-0.1, -0.05) is 0 Å². The summed E-state index contributed by atoms with van der Waals surface area (Å²) in [5, 5.41) is 27.8. The van der Waals surface area contributed by atoms with Gasteiger partial charge in [0.1, 0.15) is 11.6 Å². The lowest BCUT2D eigenvalue weighted by molar-refractivity contribution is -0.385. The maximum absolute atomic E-state index is 10.6. The van der Waals surface area contributed by atoms with Gasteiger partial charge in [-0.3, -0.25) is 10.1 Å². The Kier molecular flexibility index (Phi) is 3.00. The topological polar surface area (TPSA) is 90.7 Å². The van der Waals surface area contributed by atoms with Crippen molar-refractivity contribution >= 4 is 5.69 Å². The Hall–Kier alpha value is -2.40. The molecule has 0 fully saturated rings. The van der Waals surface area contributed by atoms with Crippen LogP contribution in [0.3, 0.4) is 0 Å². The normalized spacial score (nSPS) is 9.00. The largest absolute Gasteiger partial charge is 0.287 e. The van der Waals surface area contributed by atoms with Crippen LogP contribution in [0.25, 0.3) is 0 Å². The van der Waals surface area contributed by atoms with Crippen LogP contribution < -0.4 is 0 Å². The van der Waals surface area contributed by atoms with E-state index in [2.05, 4.69) is 0 Å². The summed E-state index contributed by atoms with van der Waals surface area (Å²) in [6, 6.07) is 6.41. The summed E-state index contributed by atoms with van der Waals surface area (Å²) in [4.78, 5) is 10.0. The van der Waals surface area contributed by atoms with E-state index in [0.717, 1.165) is 5.56 Å². The third kappa shape index (κ3) is 2.09. The van der Waals surface area contributed by atoms with Gasteiger partial charge in [-0.25, -0.2) is 0 Å². The average molecular weight is 201 g/mol. The van der Waals surface area contributed by atoms with Crippen LogP contribution in [-0.2, 0) is 6.42 Å². The molecule has 0 saturated heterocycles. The van der Waals surface area contributed by atoms with E-state index in [-0.39, 0.29) is 17.7 Å². The van der Waals surface area contributed by atoms with Gasteiger partial charge >= 0.3 is 0 Å². The summed E-state index contributed by atoms with van der Waals surface area (Å²) in [6.45, 7) is 1.72. The number of nitro benzene ring substituents is 1. The molecular formula is C10H7N3O2. The van der Waals surface area contributed by atoms with E-state index in [9.17, 15) is 10.1 Å². The van der Waals surface area contributed by atoms with E-state index >= 15 is 0 Å². The van der Waals surface area contributed by atoms with Gasteiger partial charge in [0.25, 0.3) is 5.69 Å². The molecule has 0 spiro atoms. The van der Waals surface area contributed by atoms with Crippen molar-refractivity contribution in [1.82, 2.24) is 0 Å². The second kappa shape index (κ2) is 4.21. The monoisotopic (exact) mass is 201 g/mol. The molecule has 0 bridgehead atoms. The number of rotatable bonds is 2. The number of hydrogen-bond acceptors (Lipinski definition) is 4. The molecule has 0 amide bonds.